The Morgan fingerprint density at radius 1 is 1.04 bits per heavy atom. The first-order chi connectivity index (χ1) is 12.8. The van der Waals surface area contributed by atoms with Gasteiger partial charge in [-0.3, -0.25) is 4.90 Å². The molecule has 3 aliphatic rings. The summed E-state index contributed by atoms with van der Waals surface area (Å²) in [6.45, 7) is 6.08. The maximum absolute atomic E-state index is 6.02. The average molecular weight is 386 g/mol. The van der Waals surface area contributed by atoms with Crippen molar-refractivity contribution in [1.29, 1.82) is 0 Å². The molecular weight excluding hydrogens is 358 g/mol. The lowest BCUT2D eigenvalue weighted by Gasteiger charge is -2.44. The predicted molar refractivity (Wildman–Crippen MR) is 110 cm³/mol. The third-order valence-corrected chi connectivity index (χ3v) is 6.64. The summed E-state index contributed by atoms with van der Waals surface area (Å²) in [5.41, 5.74) is 4.44. The van der Waals surface area contributed by atoms with Crippen molar-refractivity contribution in [3.05, 3.63) is 59.2 Å². The van der Waals surface area contributed by atoms with Crippen molar-refractivity contribution in [3.63, 3.8) is 0 Å². The van der Waals surface area contributed by atoms with E-state index in [4.69, 9.17) is 9.47 Å². The largest absolute Gasteiger partial charge is 0.486 e. The van der Waals surface area contributed by atoms with E-state index in [0.29, 0.717) is 19.1 Å². The zero-order valence-electron chi connectivity index (χ0n) is 15.9. The van der Waals surface area contributed by atoms with E-state index >= 15 is 0 Å². The van der Waals surface area contributed by atoms with E-state index in [1.165, 1.54) is 42.5 Å². The van der Waals surface area contributed by atoms with Crippen molar-refractivity contribution in [2.75, 3.05) is 26.3 Å². The Morgan fingerprint density at radius 3 is 2.70 bits per heavy atom. The summed E-state index contributed by atoms with van der Waals surface area (Å²) in [6, 6.07) is 15.4. The van der Waals surface area contributed by atoms with Gasteiger partial charge in [-0.25, -0.2) is 0 Å². The molecule has 2 aromatic rings. The van der Waals surface area contributed by atoms with Crippen molar-refractivity contribution in [2.45, 2.75) is 44.1 Å². The first kappa shape index (κ1) is 18.6. The van der Waals surface area contributed by atoms with E-state index in [1.54, 1.807) is 0 Å². The van der Waals surface area contributed by atoms with Crippen LogP contribution in [-0.2, 0) is 12.0 Å². The Morgan fingerprint density at radius 2 is 1.85 bits per heavy atom. The maximum atomic E-state index is 6.02. The van der Waals surface area contributed by atoms with Gasteiger partial charge in [0.25, 0.3) is 0 Å². The van der Waals surface area contributed by atoms with Crippen molar-refractivity contribution in [3.8, 4) is 11.5 Å². The molecular formula is C23H28ClNO2. The van der Waals surface area contributed by atoms with Crippen LogP contribution in [0, 0.1) is 0 Å². The molecule has 3 nitrogen and oxygen atoms in total. The van der Waals surface area contributed by atoms with E-state index in [2.05, 4.69) is 54.3 Å². The van der Waals surface area contributed by atoms with Gasteiger partial charge in [-0.05, 0) is 62.3 Å². The Bertz CT molecular complexity index is 810. The second-order valence-electron chi connectivity index (χ2n) is 8.09. The van der Waals surface area contributed by atoms with E-state index in [1.807, 2.05) is 0 Å². The Balaban J connectivity index is 0.00000180. The first-order valence-electron chi connectivity index (χ1n) is 9.98. The number of fused-ring (bicyclic) bond motifs is 3. The lowest BCUT2D eigenvalue weighted by atomic mass is 9.76. The highest BCUT2D eigenvalue weighted by molar-refractivity contribution is 5.85. The number of hydrogen-bond acceptors (Lipinski definition) is 3. The molecule has 0 amide bonds. The molecule has 1 aliphatic carbocycles. The minimum Gasteiger partial charge on any atom is -0.486 e. The fraction of sp³-hybridized carbons (Fsp3) is 0.478. The van der Waals surface area contributed by atoms with Crippen LogP contribution in [0.1, 0.15) is 48.8 Å². The molecule has 1 saturated heterocycles. The number of likely N-dealkylation sites (tertiary alicyclic amines) is 1. The van der Waals surface area contributed by atoms with Gasteiger partial charge in [0.05, 0.1) is 0 Å². The molecule has 2 atom stereocenters. The number of halogens is 1. The van der Waals surface area contributed by atoms with Crippen molar-refractivity contribution in [1.82, 2.24) is 4.90 Å². The zero-order chi connectivity index (χ0) is 17.6. The second kappa shape index (κ2) is 7.37. The Kier molecular flexibility index (Phi) is 5.09. The molecule has 27 heavy (non-hydrogen) atoms. The van der Waals surface area contributed by atoms with E-state index < -0.39 is 0 Å². The highest BCUT2D eigenvalue weighted by Gasteiger charge is 2.42. The van der Waals surface area contributed by atoms with Crippen molar-refractivity contribution >= 4 is 12.4 Å². The van der Waals surface area contributed by atoms with Crippen LogP contribution in [0.5, 0.6) is 11.5 Å². The van der Waals surface area contributed by atoms with Gasteiger partial charge in [-0.2, -0.15) is 0 Å². The summed E-state index contributed by atoms with van der Waals surface area (Å²) in [4.78, 5) is 2.72. The third-order valence-electron chi connectivity index (χ3n) is 6.64. The topological polar surface area (TPSA) is 21.7 Å². The molecule has 0 aromatic heterocycles. The van der Waals surface area contributed by atoms with Crippen molar-refractivity contribution < 1.29 is 9.47 Å². The summed E-state index contributed by atoms with van der Waals surface area (Å²) in [6.07, 6.45) is 4.80. The number of nitrogens with zero attached hydrogens (tertiary/aromatic N) is 1. The lowest BCUT2D eigenvalue weighted by molar-refractivity contribution is 0.108. The predicted octanol–water partition coefficient (Wildman–Crippen LogP) is 4.92. The van der Waals surface area contributed by atoms with Crippen LogP contribution in [0.15, 0.2) is 42.5 Å². The van der Waals surface area contributed by atoms with Gasteiger partial charge in [0.2, 0.25) is 0 Å². The first-order valence-corrected chi connectivity index (χ1v) is 9.98. The zero-order valence-corrected chi connectivity index (χ0v) is 16.8. The van der Waals surface area contributed by atoms with Crippen LogP contribution in [0.2, 0.25) is 0 Å². The van der Waals surface area contributed by atoms with E-state index in [9.17, 15) is 0 Å². The van der Waals surface area contributed by atoms with Crippen LogP contribution < -0.4 is 9.47 Å². The van der Waals surface area contributed by atoms with Gasteiger partial charge >= 0.3 is 0 Å². The minimum absolute atomic E-state index is 0. The van der Waals surface area contributed by atoms with Gasteiger partial charge in [-0.1, -0.05) is 36.4 Å². The Labute approximate surface area is 168 Å². The number of hydrogen-bond donors (Lipinski definition) is 0. The fourth-order valence-electron chi connectivity index (χ4n) is 5.20. The maximum Gasteiger partial charge on any atom is 0.164 e. The molecule has 0 N–H and O–H groups in total. The highest BCUT2D eigenvalue weighted by atomic mass is 35.5. The Hall–Kier alpha value is -1.71. The molecule has 0 radical (unpaired) electrons. The van der Waals surface area contributed by atoms with Gasteiger partial charge in [0.15, 0.2) is 11.5 Å². The molecule has 2 aromatic carbocycles. The molecule has 5 rings (SSSR count). The molecule has 0 saturated carbocycles. The monoisotopic (exact) mass is 385 g/mol. The highest BCUT2D eigenvalue weighted by Crippen LogP contribution is 2.48. The molecule has 4 heteroatoms. The fourth-order valence-corrected chi connectivity index (χ4v) is 5.20. The minimum atomic E-state index is 0. The molecule has 0 bridgehead atoms. The van der Waals surface area contributed by atoms with Crippen molar-refractivity contribution in [2.24, 2.45) is 0 Å². The quantitative estimate of drug-likeness (QED) is 0.732. The summed E-state index contributed by atoms with van der Waals surface area (Å²) >= 11 is 0. The summed E-state index contributed by atoms with van der Waals surface area (Å²) < 4.78 is 11.8. The van der Waals surface area contributed by atoms with E-state index in [0.717, 1.165) is 24.5 Å². The molecule has 1 fully saturated rings. The molecule has 2 unspecified atom stereocenters. The van der Waals surface area contributed by atoms with Crippen LogP contribution >= 0.6 is 12.4 Å². The summed E-state index contributed by atoms with van der Waals surface area (Å²) in [7, 11) is 0. The van der Waals surface area contributed by atoms with Gasteiger partial charge < -0.3 is 9.47 Å². The standard InChI is InChI=1S/C23H27NO2.ClH/c1-23(24-13-11-18(16-24)17-6-3-2-4-7-17)12-5-8-19-20(23)9-10-21-22(19)26-15-14-25-21;/h2-4,6-7,9-10,18H,5,8,11-16H2,1H3;1H. The normalized spacial score (nSPS) is 26.9. The molecule has 2 heterocycles. The second-order valence-corrected chi connectivity index (χ2v) is 8.09. The SMILES string of the molecule is CC1(N2CCC(c3ccccc3)C2)CCCc2c1ccc1c2OCCO1.Cl. The average Bonchev–Trinajstić information content (AvgIpc) is 3.20. The molecule has 144 valence electrons. The van der Waals surface area contributed by atoms with E-state index in [-0.39, 0.29) is 17.9 Å². The summed E-state index contributed by atoms with van der Waals surface area (Å²) in [5.74, 6) is 2.59. The molecule has 2 aliphatic heterocycles. The van der Waals surface area contributed by atoms with Gasteiger partial charge in [0.1, 0.15) is 13.2 Å². The third kappa shape index (κ3) is 3.11. The van der Waals surface area contributed by atoms with Crippen LogP contribution in [0.4, 0.5) is 0 Å². The summed E-state index contributed by atoms with van der Waals surface area (Å²) in [5, 5.41) is 0. The van der Waals surface area contributed by atoms with Crippen LogP contribution in [-0.4, -0.2) is 31.2 Å². The smallest absolute Gasteiger partial charge is 0.164 e. The lowest BCUT2D eigenvalue weighted by Crippen LogP contribution is -2.45. The van der Waals surface area contributed by atoms with Crippen LogP contribution in [0.25, 0.3) is 0 Å². The molecule has 0 spiro atoms. The number of rotatable bonds is 2. The number of ether oxygens (including phenoxy) is 2. The van der Waals surface area contributed by atoms with Gasteiger partial charge in [-0.15, -0.1) is 12.4 Å². The van der Waals surface area contributed by atoms with Crippen LogP contribution in [0.3, 0.4) is 0 Å². The number of benzene rings is 2. The van der Waals surface area contributed by atoms with Gasteiger partial charge in [0, 0.05) is 17.6 Å².